The van der Waals surface area contributed by atoms with Crippen molar-refractivity contribution in [2.75, 3.05) is 19.0 Å². The van der Waals surface area contributed by atoms with Crippen molar-refractivity contribution in [3.05, 3.63) is 48.5 Å². The summed E-state index contributed by atoms with van der Waals surface area (Å²) in [6, 6.07) is 16.1. The van der Waals surface area contributed by atoms with E-state index >= 15 is 0 Å². The van der Waals surface area contributed by atoms with Crippen LogP contribution in [0.1, 0.15) is 0 Å². The summed E-state index contributed by atoms with van der Waals surface area (Å²) in [5, 5.41) is 9.84. The molecule has 0 fully saturated rings. The standard InChI is InChI=1S/C14H14NO/c1-15(2)13-9-5-3-7-11(13)12-8-4-6-10-14(12)16/h3-4,6-10,16H,1-2H3. The van der Waals surface area contributed by atoms with Crippen molar-refractivity contribution in [1.82, 2.24) is 0 Å². The number of hydrogen-bond acceptors (Lipinski definition) is 2. The van der Waals surface area contributed by atoms with E-state index in [1.54, 1.807) is 6.07 Å². The van der Waals surface area contributed by atoms with Gasteiger partial charge in [0.25, 0.3) is 0 Å². The van der Waals surface area contributed by atoms with E-state index in [1.807, 2.05) is 55.4 Å². The topological polar surface area (TPSA) is 23.5 Å². The molecule has 0 amide bonds. The molecule has 0 spiro atoms. The molecule has 2 heteroatoms. The molecule has 0 saturated carbocycles. The average molecular weight is 212 g/mol. The molecule has 0 saturated heterocycles. The first kappa shape index (κ1) is 10.6. The van der Waals surface area contributed by atoms with Crippen molar-refractivity contribution in [2.45, 2.75) is 0 Å². The lowest BCUT2D eigenvalue weighted by Gasteiger charge is -2.17. The maximum atomic E-state index is 9.84. The van der Waals surface area contributed by atoms with Crippen LogP contribution < -0.4 is 4.90 Å². The van der Waals surface area contributed by atoms with Gasteiger partial charge in [-0.2, -0.15) is 0 Å². The summed E-state index contributed by atoms with van der Waals surface area (Å²) in [6.45, 7) is 0. The molecule has 0 atom stereocenters. The van der Waals surface area contributed by atoms with Gasteiger partial charge in [-0.05, 0) is 18.2 Å². The molecule has 0 unspecified atom stereocenters. The third kappa shape index (κ3) is 1.87. The SMILES string of the molecule is CN(C)c1c[c]ccc1-c1ccccc1O. The minimum absolute atomic E-state index is 0.303. The molecule has 2 aromatic carbocycles. The molecule has 0 aliphatic heterocycles. The molecule has 0 heterocycles. The fraction of sp³-hybridized carbons (Fsp3) is 0.143. The maximum absolute atomic E-state index is 9.84. The van der Waals surface area contributed by atoms with E-state index in [-0.39, 0.29) is 0 Å². The number of para-hydroxylation sites is 1. The van der Waals surface area contributed by atoms with E-state index in [4.69, 9.17) is 0 Å². The van der Waals surface area contributed by atoms with Gasteiger partial charge < -0.3 is 10.0 Å². The number of rotatable bonds is 2. The van der Waals surface area contributed by atoms with Crippen molar-refractivity contribution in [3.63, 3.8) is 0 Å². The van der Waals surface area contributed by atoms with E-state index in [0.717, 1.165) is 16.8 Å². The van der Waals surface area contributed by atoms with Gasteiger partial charge in [0.1, 0.15) is 5.75 Å². The van der Waals surface area contributed by atoms with Crippen LogP contribution in [0.25, 0.3) is 11.1 Å². The highest BCUT2D eigenvalue weighted by Crippen LogP contribution is 2.34. The Morgan fingerprint density at radius 1 is 1.06 bits per heavy atom. The highest BCUT2D eigenvalue weighted by molar-refractivity contribution is 5.81. The Morgan fingerprint density at radius 2 is 1.81 bits per heavy atom. The van der Waals surface area contributed by atoms with Gasteiger partial charge in [0, 0.05) is 30.9 Å². The van der Waals surface area contributed by atoms with E-state index in [2.05, 4.69) is 6.07 Å². The van der Waals surface area contributed by atoms with Gasteiger partial charge in [0.2, 0.25) is 0 Å². The van der Waals surface area contributed by atoms with Crippen molar-refractivity contribution >= 4 is 5.69 Å². The lowest BCUT2D eigenvalue weighted by Crippen LogP contribution is -2.09. The van der Waals surface area contributed by atoms with Crippen molar-refractivity contribution < 1.29 is 5.11 Å². The summed E-state index contributed by atoms with van der Waals surface area (Å²) >= 11 is 0. The van der Waals surface area contributed by atoms with Crippen LogP contribution in [0.3, 0.4) is 0 Å². The number of anilines is 1. The molecule has 0 aliphatic rings. The fourth-order valence-electron chi connectivity index (χ4n) is 1.72. The summed E-state index contributed by atoms with van der Waals surface area (Å²) < 4.78 is 0. The zero-order valence-electron chi connectivity index (χ0n) is 9.44. The summed E-state index contributed by atoms with van der Waals surface area (Å²) in [6.07, 6.45) is 0. The molecule has 2 rings (SSSR count). The van der Waals surface area contributed by atoms with Crippen LogP contribution in [-0.4, -0.2) is 19.2 Å². The number of phenols is 1. The molecule has 2 aromatic rings. The van der Waals surface area contributed by atoms with Crippen LogP contribution in [-0.2, 0) is 0 Å². The summed E-state index contributed by atoms with van der Waals surface area (Å²) in [7, 11) is 3.96. The Bertz CT molecular complexity index is 492. The lowest BCUT2D eigenvalue weighted by atomic mass is 10.0. The predicted molar refractivity (Wildman–Crippen MR) is 66.7 cm³/mol. The molecule has 0 aromatic heterocycles. The lowest BCUT2D eigenvalue weighted by molar-refractivity contribution is 0.477. The predicted octanol–water partition coefficient (Wildman–Crippen LogP) is 2.93. The Hall–Kier alpha value is -1.96. The molecule has 0 aliphatic carbocycles. The fourth-order valence-corrected chi connectivity index (χ4v) is 1.72. The van der Waals surface area contributed by atoms with Crippen LogP contribution in [0.5, 0.6) is 5.75 Å². The minimum atomic E-state index is 0.303. The second-order valence-electron chi connectivity index (χ2n) is 3.85. The van der Waals surface area contributed by atoms with Crippen LogP contribution >= 0.6 is 0 Å². The van der Waals surface area contributed by atoms with E-state index < -0.39 is 0 Å². The van der Waals surface area contributed by atoms with Crippen LogP contribution in [0.15, 0.2) is 42.5 Å². The van der Waals surface area contributed by atoms with Crippen LogP contribution in [0.4, 0.5) is 5.69 Å². The third-order valence-corrected chi connectivity index (χ3v) is 2.52. The number of hydrogen-bond donors (Lipinski definition) is 1. The smallest absolute Gasteiger partial charge is 0.123 e. The summed E-state index contributed by atoms with van der Waals surface area (Å²) in [5.74, 6) is 0.303. The number of nitrogens with zero attached hydrogens (tertiary/aromatic N) is 1. The largest absolute Gasteiger partial charge is 0.507 e. The molecule has 1 radical (unpaired) electrons. The van der Waals surface area contributed by atoms with Crippen molar-refractivity contribution in [2.24, 2.45) is 0 Å². The Labute approximate surface area is 95.8 Å². The Balaban J connectivity index is 2.60. The second-order valence-corrected chi connectivity index (χ2v) is 3.85. The molecule has 2 nitrogen and oxygen atoms in total. The first-order valence-electron chi connectivity index (χ1n) is 5.16. The second kappa shape index (κ2) is 4.27. The monoisotopic (exact) mass is 212 g/mol. The van der Waals surface area contributed by atoms with Gasteiger partial charge in [-0.3, -0.25) is 0 Å². The molecular weight excluding hydrogens is 198 g/mol. The molecule has 0 bridgehead atoms. The molecule has 16 heavy (non-hydrogen) atoms. The van der Waals surface area contributed by atoms with Crippen LogP contribution in [0, 0.1) is 6.07 Å². The van der Waals surface area contributed by atoms with Gasteiger partial charge in [-0.25, -0.2) is 0 Å². The zero-order chi connectivity index (χ0) is 11.5. The average Bonchev–Trinajstić information content (AvgIpc) is 2.29. The summed E-state index contributed by atoms with van der Waals surface area (Å²) in [5.41, 5.74) is 2.91. The van der Waals surface area contributed by atoms with E-state index in [1.165, 1.54) is 0 Å². The Kier molecular flexibility index (Phi) is 2.82. The van der Waals surface area contributed by atoms with Crippen LogP contribution in [0.2, 0.25) is 0 Å². The summed E-state index contributed by atoms with van der Waals surface area (Å²) in [4.78, 5) is 2.01. The number of benzene rings is 2. The maximum Gasteiger partial charge on any atom is 0.123 e. The van der Waals surface area contributed by atoms with Crippen molar-refractivity contribution in [1.29, 1.82) is 0 Å². The minimum Gasteiger partial charge on any atom is -0.507 e. The van der Waals surface area contributed by atoms with Crippen molar-refractivity contribution in [3.8, 4) is 16.9 Å². The van der Waals surface area contributed by atoms with Gasteiger partial charge in [-0.1, -0.05) is 30.3 Å². The first-order valence-corrected chi connectivity index (χ1v) is 5.16. The van der Waals surface area contributed by atoms with Gasteiger partial charge in [0.15, 0.2) is 0 Å². The van der Waals surface area contributed by atoms with E-state index in [0.29, 0.717) is 5.75 Å². The Morgan fingerprint density at radius 3 is 2.50 bits per heavy atom. The quantitative estimate of drug-likeness (QED) is 0.827. The van der Waals surface area contributed by atoms with Gasteiger partial charge in [-0.15, -0.1) is 0 Å². The first-order chi connectivity index (χ1) is 7.70. The normalized spacial score (nSPS) is 10.1. The third-order valence-electron chi connectivity index (χ3n) is 2.52. The highest BCUT2D eigenvalue weighted by atomic mass is 16.3. The number of aromatic hydroxyl groups is 1. The molecule has 1 N–H and O–H groups in total. The highest BCUT2D eigenvalue weighted by Gasteiger charge is 2.08. The number of phenolic OH excluding ortho intramolecular Hbond substituents is 1. The van der Waals surface area contributed by atoms with Gasteiger partial charge in [0.05, 0.1) is 0 Å². The van der Waals surface area contributed by atoms with Gasteiger partial charge >= 0.3 is 0 Å². The molecular formula is C14H14NO. The molecule has 81 valence electrons. The van der Waals surface area contributed by atoms with E-state index in [9.17, 15) is 5.11 Å². The zero-order valence-corrected chi connectivity index (χ0v) is 9.44.